The molecule has 8 heteroatoms. The van der Waals surface area contributed by atoms with Gasteiger partial charge in [0.1, 0.15) is 22.4 Å². The molecular weight excluding hydrogens is 1320 g/mol. The van der Waals surface area contributed by atoms with Crippen LogP contribution in [0.4, 0.5) is 68.2 Å². The van der Waals surface area contributed by atoms with Crippen molar-refractivity contribution in [1.82, 2.24) is 0 Å². The molecule has 0 saturated carbocycles. The van der Waals surface area contributed by atoms with Crippen molar-refractivity contribution in [3.05, 3.63) is 406 Å². The molecular formula is C100H84N4O4. The van der Waals surface area contributed by atoms with Crippen LogP contribution in [0.2, 0.25) is 0 Å². The molecule has 0 aliphatic carbocycles. The summed E-state index contributed by atoms with van der Waals surface area (Å²) in [6, 6.07) is 126. The summed E-state index contributed by atoms with van der Waals surface area (Å²) in [7, 11) is 0. The number of rotatable bonds is 12. The Hall–Kier alpha value is -11.9. The minimum absolute atomic E-state index is 0.527. The van der Waals surface area contributed by atoms with Crippen molar-refractivity contribution in [2.45, 2.75) is 75.8 Å². The standard InChI is InChI=1S/C100H84N4O4/c1-5-59-105-97-73-35-25-31-69(63-73)70-32-26-36-74(64-70)98(106-60-6-2)83-45-11-21-55-93(83)103(94-56-22-12-46-84(94)98)79-41-30-42-80(68-79)104-95-57-23-15-49-87(95)100(108-62-8-4,88-50-16-24-58-96(88)104)76-38-28-34-72(66-76)71-33-27-37-75(65-71)99(107-61-7-3)85-47-13-19-53-91(85)102(92-54-20-14-48-86(92)99)78-40-29-39-77(67-78)101(89-51-17-9-43-81(89)97)90-52-18-10-44-82(90)97/h9-58,63-68H,5-8,59-62H2,1-4H3. The molecule has 0 radical (unpaired) electrons. The van der Waals surface area contributed by atoms with Gasteiger partial charge in [0, 0.05) is 93.7 Å². The van der Waals surface area contributed by atoms with Gasteiger partial charge in [-0.3, -0.25) is 0 Å². The van der Waals surface area contributed by atoms with Crippen LogP contribution in [0.3, 0.4) is 0 Å². The van der Waals surface area contributed by atoms with E-state index in [0.29, 0.717) is 26.4 Å². The van der Waals surface area contributed by atoms with E-state index in [4.69, 9.17) is 18.9 Å². The van der Waals surface area contributed by atoms with Crippen LogP contribution in [0.1, 0.15) is 120 Å². The van der Waals surface area contributed by atoms with Gasteiger partial charge in [0.15, 0.2) is 0 Å². The molecule has 14 aromatic rings. The third kappa shape index (κ3) is 10.1. The summed E-state index contributed by atoms with van der Waals surface area (Å²) in [4.78, 5) is 9.79. The Kier molecular flexibility index (Phi) is 16.8. The minimum atomic E-state index is -1.02. The largest absolute Gasteiger partial charge is 0.361 e. The lowest BCUT2D eigenvalue weighted by Gasteiger charge is -2.47. The van der Waals surface area contributed by atoms with Crippen molar-refractivity contribution in [3.63, 3.8) is 0 Å². The molecule has 0 fully saturated rings. The van der Waals surface area contributed by atoms with Crippen molar-refractivity contribution in [2.75, 3.05) is 46.0 Å². The number of benzene rings is 14. The van der Waals surface area contributed by atoms with Crippen LogP contribution in [0, 0.1) is 0 Å². The van der Waals surface area contributed by atoms with Gasteiger partial charge in [0.05, 0.1) is 45.5 Å². The van der Waals surface area contributed by atoms with Gasteiger partial charge in [-0.25, -0.2) is 0 Å². The van der Waals surface area contributed by atoms with Crippen molar-refractivity contribution >= 4 is 68.2 Å². The zero-order valence-corrected chi connectivity index (χ0v) is 61.4. The number of fused-ring (bicyclic) bond motifs is 34. The average molecular weight is 1410 g/mol. The van der Waals surface area contributed by atoms with Gasteiger partial charge in [-0.2, -0.15) is 0 Å². The van der Waals surface area contributed by atoms with Crippen LogP contribution < -0.4 is 19.6 Å². The van der Waals surface area contributed by atoms with Gasteiger partial charge >= 0.3 is 0 Å². The fraction of sp³-hybridized carbons (Fsp3) is 0.160. The van der Waals surface area contributed by atoms with E-state index in [0.717, 1.165) is 183 Å². The highest BCUT2D eigenvalue weighted by molar-refractivity contribution is 5.95. The number of para-hydroxylation sites is 8. The molecule has 5 aliphatic heterocycles. The second kappa shape index (κ2) is 27.2. The normalized spacial score (nSPS) is 15.1. The summed E-state index contributed by atoms with van der Waals surface area (Å²) in [5, 5.41) is 0. The number of ether oxygens (including phenoxy) is 4. The summed E-state index contributed by atoms with van der Waals surface area (Å²) in [6.45, 7) is 10.9. The summed E-state index contributed by atoms with van der Waals surface area (Å²) >= 11 is 0. The lowest BCUT2D eigenvalue weighted by Crippen LogP contribution is -2.40. The maximum atomic E-state index is 7.66. The fourth-order valence-corrected chi connectivity index (χ4v) is 18.4. The maximum absolute atomic E-state index is 7.66. The molecule has 0 amide bonds. The highest BCUT2D eigenvalue weighted by atomic mass is 16.5. The maximum Gasteiger partial charge on any atom is 0.147 e. The third-order valence-electron chi connectivity index (χ3n) is 22.7. The lowest BCUT2D eigenvalue weighted by atomic mass is 9.74. The Morgan fingerprint density at radius 3 is 0.556 bits per heavy atom. The average Bonchev–Trinajstić information content (AvgIpc) is 0.718. The van der Waals surface area contributed by atoms with Crippen LogP contribution in [-0.2, 0) is 41.4 Å². The van der Waals surface area contributed by atoms with E-state index in [1.54, 1.807) is 0 Å². The molecule has 0 spiro atoms. The molecule has 19 rings (SSSR count). The van der Waals surface area contributed by atoms with Gasteiger partial charge in [-0.1, -0.05) is 258 Å². The molecule has 14 aromatic carbocycles. The first-order valence-corrected chi connectivity index (χ1v) is 38.5. The molecule has 0 unspecified atom stereocenters. The van der Waals surface area contributed by atoms with Crippen molar-refractivity contribution in [3.8, 4) is 22.3 Å². The Labute approximate surface area is 633 Å². The number of hydrogen-bond acceptors (Lipinski definition) is 8. The van der Waals surface area contributed by atoms with E-state index in [9.17, 15) is 0 Å². The summed E-state index contributed by atoms with van der Waals surface area (Å²) in [5.74, 6) is 0. The van der Waals surface area contributed by atoms with Crippen molar-refractivity contribution < 1.29 is 18.9 Å². The first kappa shape index (κ1) is 66.8. The van der Waals surface area contributed by atoms with E-state index in [-0.39, 0.29) is 0 Å². The van der Waals surface area contributed by atoms with Gasteiger partial charge in [0.25, 0.3) is 0 Å². The van der Waals surface area contributed by atoms with Crippen LogP contribution in [0.15, 0.2) is 340 Å². The Bertz CT molecular complexity index is 4890. The van der Waals surface area contributed by atoms with Gasteiger partial charge in [-0.15, -0.1) is 0 Å². The molecule has 528 valence electrons. The highest BCUT2D eigenvalue weighted by Gasteiger charge is 2.52. The molecule has 0 atom stereocenters. The monoisotopic (exact) mass is 1400 g/mol. The van der Waals surface area contributed by atoms with Gasteiger partial charge in [0.2, 0.25) is 0 Å². The second-order valence-corrected chi connectivity index (χ2v) is 29.0. The molecule has 108 heavy (non-hydrogen) atoms. The Balaban J connectivity index is 0.864. The van der Waals surface area contributed by atoms with Crippen LogP contribution >= 0.6 is 0 Å². The fourth-order valence-electron chi connectivity index (χ4n) is 18.4. The number of nitrogens with zero attached hydrogens (tertiary/aromatic N) is 4. The predicted octanol–water partition coefficient (Wildman–Crippen LogP) is 25.3. The molecule has 5 aliphatic rings. The van der Waals surface area contributed by atoms with Gasteiger partial charge < -0.3 is 38.5 Å². The lowest BCUT2D eigenvalue weighted by molar-refractivity contribution is 0.0129. The summed E-state index contributed by atoms with van der Waals surface area (Å²) < 4.78 is 30.7. The quantitative estimate of drug-likeness (QED) is 0.120. The summed E-state index contributed by atoms with van der Waals surface area (Å²) in [6.07, 6.45) is 3.30. The zero-order chi connectivity index (χ0) is 72.6. The minimum Gasteiger partial charge on any atom is -0.361 e. The molecule has 8 nitrogen and oxygen atoms in total. The molecule has 0 aromatic heterocycles. The second-order valence-electron chi connectivity index (χ2n) is 29.0. The number of anilines is 12. The van der Waals surface area contributed by atoms with E-state index >= 15 is 0 Å². The van der Waals surface area contributed by atoms with E-state index in [1.165, 1.54) is 0 Å². The number of hydrogen-bond donors (Lipinski definition) is 0. The van der Waals surface area contributed by atoms with Crippen molar-refractivity contribution in [1.29, 1.82) is 0 Å². The van der Waals surface area contributed by atoms with Crippen molar-refractivity contribution in [2.24, 2.45) is 0 Å². The van der Waals surface area contributed by atoms with Crippen LogP contribution in [0.5, 0.6) is 0 Å². The first-order valence-electron chi connectivity index (χ1n) is 38.5. The SMILES string of the molecule is CCCOC12c3cccc(c3)-c3cccc(c3)C3(OCCC)c4ccccc4N(c4cccc(c4)N4c5ccccc5C(OCCC)(c5cccc(c5)-c5cccc(c5)C5(OCCC)c6ccccc6N(c6cccc(c6)N(c6ccccc61)c1ccccc12)c1ccccc15)c1ccccc14)c1ccccc13. The van der Waals surface area contributed by atoms with Crippen LogP contribution in [0.25, 0.3) is 22.3 Å². The summed E-state index contributed by atoms with van der Waals surface area (Å²) in [5.41, 5.74) is 25.3. The van der Waals surface area contributed by atoms with E-state index < -0.39 is 22.4 Å². The Morgan fingerprint density at radius 1 is 0.194 bits per heavy atom. The molecule has 20 bridgehead atoms. The Morgan fingerprint density at radius 2 is 0.370 bits per heavy atom. The van der Waals surface area contributed by atoms with E-state index in [1.807, 2.05) is 0 Å². The molecule has 5 heterocycles. The topological polar surface area (TPSA) is 49.9 Å². The molecule has 0 saturated heterocycles. The molecule has 0 N–H and O–H groups in total. The zero-order valence-electron chi connectivity index (χ0n) is 61.4. The first-order chi connectivity index (χ1) is 53.4. The predicted molar refractivity (Wildman–Crippen MR) is 440 cm³/mol. The third-order valence-corrected chi connectivity index (χ3v) is 22.7. The van der Waals surface area contributed by atoms with E-state index in [2.05, 4.69) is 387 Å². The van der Waals surface area contributed by atoms with Gasteiger partial charge in [-0.05, 0) is 179 Å². The smallest absolute Gasteiger partial charge is 0.147 e. The van der Waals surface area contributed by atoms with Crippen LogP contribution in [-0.4, -0.2) is 26.4 Å². The highest BCUT2D eigenvalue weighted by Crippen LogP contribution is 2.62.